The Labute approximate surface area is 77.1 Å². The third kappa shape index (κ3) is 4.43. The van der Waals surface area contributed by atoms with Crippen molar-refractivity contribution < 1.29 is 0 Å². The van der Waals surface area contributed by atoms with Crippen LogP contribution >= 0.6 is 34.8 Å². The topological polar surface area (TPSA) is 0 Å². The lowest BCUT2D eigenvalue weighted by Gasteiger charge is -2.11. The highest BCUT2D eigenvalue weighted by atomic mass is 35.5. The summed E-state index contributed by atoms with van der Waals surface area (Å²) in [7, 11) is 0. The lowest BCUT2D eigenvalue weighted by Crippen LogP contribution is -2.06. The first-order valence-corrected chi connectivity index (χ1v) is 4.44. The summed E-state index contributed by atoms with van der Waals surface area (Å²) < 4.78 is 0.305. The average molecular weight is 202 g/mol. The maximum Gasteiger partial charge on any atom is 0.103 e. The fraction of sp³-hybridized carbons (Fsp3) is 0.714. The molecule has 3 heteroatoms. The minimum atomic E-state index is 0.0949. The molecule has 0 aliphatic carbocycles. The second kappa shape index (κ2) is 5.29. The van der Waals surface area contributed by atoms with Gasteiger partial charge in [0.25, 0.3) is 0 Å². The number of hydrogen-bond donors (Lipinski definition) is 0. The molecule has 0 unspecified atom stereocenters. The number of hydrogen-bond acceptors (Lipinski definition) is 0. The smallest absolute Gasteiger partial charge is 0.103 e. The summed E-state index contributed by atoms with van der Waals surface area (Å²) in [6, 6.07) is 0. The maximum atomic E-state index is 5.83. The largest absolute Gasteiger partial charge is 0.123 e. The number of allylic oxidation sites excluding steroid dienone is 1. The minimum Gasteiger partial charge on any atom is -0.123 e. The highest BCUT2D eigenvalue weighted by Crippen LogP contribution is 2.20. The first kappa shape index (κ1) is 10.6. The Kier molecular flexibility index (Phi) is 5.61. The molecule has 0 saturated carbocycles. The molecule has 10 heavy (non-hydrogen) atoms. The van der Waals surface area contributed by atoms with Crippen molar-refractivity contribution in [3.8, 4) is 0 Å². The van der Waals surface area contributed by atoms with E-state index in [9.17, 15) is 0 Å². The molecule has 2 atom stereocenters. The van der Waals surface area contributed by atoms with Crippen LogP contribution in [0.2, 0.25) is 0 Å². The predicted octanol–water partition coefficient (Wildman–Crippen LogP) is 3.96. The Morgan fingerprint density at radius 2 is 2.00 bits per heavy atom. The molecule has 0 aliphatic rings. The van der Waals surface area contributed by atoms with Gasteiger partial charge in [-0.1, -0.05) is 30.1 Å². The molecule has 0 radical (unpaired) electrons. The van der Waals surface area contributed by atoms with E-state index in [-0.39, 0.29) is 11.3 Å². The summed E-state index contributed by atoms with van der Waals surface area (Å²) in [5.41, 5.74) is 0. The monoisotopic (exact) mass is 200 g/mol. The zero-order chi connectivity index (χ0) is 8.15. The van der Waals surface area contributed by atoms with Crippen LogP contribution in [-0.4, -0.2) is 5.38 Å². The Morgan fingerprint density at radius 3 is 2.10 bits per heavy atom. The van der Waals surface area contributed by atoms with E-state index in [2.05, 4.69) is 6.92 Å². The maximum absolute atomic E-state index is 5.83. The van der Waals surface area contributed by atoms with E-state index in [1.807, 2.05) is 6.92 Å². The van der Waals surface area contributed by atoms with Crippen LogP contribution in [0, 0.1) is 5.92 Å². The first-order valence-electron chi connectivity index (χ1n) is 3.24. The fourth-order valence-electron chi connectivity index (χ4n) is 0.737. The third-order valence-corrected chi connectivity index (χ3v) is 1.98. The van der Waals surface area contributed by atoms with E-state index in [1.165, 1.54) is 0 Å². The van der Waals surface area contributed by atoms with E-state index >= 15 is 0 Å². The molecule has 0 bridgehead atoms. The summed E-state index contributed by atoms with van der Waals surface area (Å²) in [4.78, 5) is 0. The van der Waals surface area contributed by atoms with Crippen LogP contribution in [0.25, 0.3) is 0 Å². The lowest BCUT2D eigenvalue weighted by molar-refractivity contribution is 0.614. The Bertz CT molecular complexity index is 114. The van der Waals surface area contributed by atoms with Crippen molar-refractivity contribution in [2.24, 2.45) is 5.92 Å². The van der Waals surface area contributed by atoms with Crippen LogP contribution in [-0.2, 0) is 0 Å². The highest BCUT2D eigenvalue weighted by molar-refractivity contribution is 6.55. The van der Waals surface area contributed by atoms with Gasteiger partial charge in [-0.25, -0.2) is 0 Å². The summed E-state index contributed by atoms with van der Waals surface area (Å²) >= 11 is 16.8. The fourth-order valence-corrected chi connectivity index (χ4v) is 1.31. The van der Waals surface area contributed by atoms with Crippen molar-refractivity contribution in [2.45, 2.75) is 25.6 Å². The van der Waals surface area contributed by atoms with Crippen LogP contribution in [0.4, 0.5) is 0 Å². The summed E-state index contributed by atoms with van der Waals surface area (Å²) in [5.74, 6) is 0.284. The van der Waals surface area contributed by atoms with E-state index in [1.54, 1.807) is 6.08 Å². The van der Waals surface area contributed by atoms with Gasteiger partial charge >= 0.3 is 0 Å². The van der Waals surface area contributed by atoms with E-state index in [0.29, 0.717) is 4.49 Å². The van der Waals surface area contributed by atoms with Crippen molar-refractivity contribution in [2.75, 3.05) is 0 Å². The minimum absolute atomic E-state index is 0.0949. The predicted molar refractivity (Wildman–Crippen MR) is 48.9 cm³/mol. The molecular weight excluding hydrogens is 190 g/mol. The van der Waals surface area contributed by atoms with Gasteiger partial charge in [-0.2, -0.15) is 0 Å². The van der Waals surface area contributed by atoms with Gasteiger partial charge in [-0.05, 0) is 25.3 Å². The molecular formula is C7H11Cl3. The lowest BCUT2D eigenvalue weighted by atomic mass is 10.0. The molecule has 0 N–H and O–H groups in total. The molecule has 0 fully saturated rings. The molecule has 0 aliphatic heterocycles. The second-order valence-corrected chi connectivity index (χ2v) is 3.90. The average Bonchev–Trinajstić information content (AvgIpc) is 1.81. The van der Waals surface area contributed by atoms with Crippen molar-refractivity contribution in [3.63, 3.8) is 0 Å². The molecule has 0 spiro atoms. The zero-order valence-electron chi connectivity index (χ0n) is 6.07. The Hall–Kier alpha value is 0.610. The van der Waals surface area contributed by atoms with Crippen LogP contribution < -0.4 is 0 Å². The number of halogens is 3. The van der Waals surface area contributed by atoms with Gasteiger partial charge in [0.15, 0.2) is 0 Å². The standard InChI is InChI=1S/C7H11Cl3/c1-3-6(5(2)8)4-7(9)10/h4-6H,3H2,1-2H3/t5-,6+/m0/s1. The number of rotatable bonds is 3. The normalized spacial score (nSPS) is 16.1. The molecule has 0 nitrogen and oxygen atoms in total. The van der Waals surface area contributed by atoms with Crippen molar-refractivity contribution >= 4 is 34.8 Å². The Balaban J connectivity index is 3.96. The van der Waals surface area contributed by atoms with Crippen molar-refractivity contribution in [3.05, 3.63) is 10.6 Å². The summed E-state index contributed by atoms with van der Waals surface area (Å²) in [6.45, 7) is 3.99. The first-order chi connectivity index (χ1) is 4.57. The molecule has 0 aromatic heterocycles. The van der Waals surface area contributed by atoms with Gasteiger partial charge in [0.2, 0.25) is 0 Å². The third-order valence-electron chi connectivity index (χ3n) is 1.40. The van der Waals surface area contributed by atoms with Crippen molar-refractivity contribution in [1.29, 1.82) is 0 Å². The quantitative estimate of drug-likeness (QED) is 0.607. The van der Waals surface area contributed by atoms with Gasteiger partial charge in [-0.15, -0.1) is 11.6 Å². The van der Waals surface area contributed by atoms with Crippen LogP contribution in [0.5, 0.6) is 0 Å². The second-order valence-electron chi connectivity index (χ2n) is 2.21. The van der Waals surface area contributed by atoms with Gasteiger partial charge in [-0.3, -0.25) is 0 Å². The van der Waals surface area contributed by atoms with E-state index in [0.717, 1.165) is 6.42 Å². The molecule has 0 heterocycles. The molecule has 0 amide bonds. The molecule has 0 rings (SSSR count). The van der Waals surface area contributed by atoms with E-state index < -0.39 is 0 Å². The van der Waals surface area contributed by atoms with E-state index in [4.69, 9.17) is 34.8 Å². The van der Waals surface area contributed by atoms with Gasteiger partial charge in [0, 0.05) is 5.38 Å². The van der Waals surface area contributed by atoms with Gasteiger partial charge in [0.05, 0.1) is 0 Å². The van der Waals surface area contributed by atoms with Crippen LogP contribution in [0.15, 0.2) is 10.6 Å². The number of alkyl halides is 1. The van der Waals surface area contributed by atoms with Crippen LogP contribution in [0.1, 0.15) is 20.3 Å². The van der Waals surface area contributed by atoms with Crippen molar-refractivity contribution in [1.82, 2.24) is 0 Å². The zero-order valence-corrected chi connectivity index (χ0v) is 8.34. The highest BCUT2D eigenvalue weighted by Gasteiger charge is 2.09. The summed E-state index contributed by atoms with van der Waals surface area (Å²) in [6.07, 6.45) is 2.74. The SMILES string of the molecule is CC[C@H](C=C(Cl)Cl)[C@H](C)Cl. The molecule has 60 valence electrons. The van der Waals surface area contributed by atoms with Gasteiger partial charge < -0.3 is 0 Å². The molecule has 0 aromatic rings. The van der Waals surface area contributed by atoms with Gasteiger partial charge in [0.1, 0.15) is 4.49 Å². The van der Waals surface area contributed by atoms with Crippen LogP contribution in [0.3, 0.4) is 0 Å². The summed E-state index contributed by atoms with van der Waals surface area (Å²) in [5, 5.41) is 0.0949. The molecule has 0 saturated heterocycles. The molecule has 0 aromatic carbocycles. The Morgan fingerprint density at radius 1 is 1.50 bits per heavy atom.